The van der Waals surface area contributed by atoms with Gasteiger partial charge in [-0.05, 0) is 23.1 Å². The van der Waals surface area contributed by atoms with Crippen molar-refractivity contribution in [3.05, 3.63) is 77.4 Å². The van der Waals surface area contributed by atoms with Crippen LogP contribution in [0.5, 0.6) is 0 Å². The molecular formula is C19H22N2O2. The second-order valence-corrected chi connectivity index (χ2v) is 5.17. The second kappa shape index (κ2) is 9.43. The van der Waals surface area contributed by atoms with E-state index in [0.29, 0.717) is 13.1 Å². The Morgan fingerprint density at radius 2 is 1.65 bits per heavy atom. The third-order valence-electron chi connectivity index (χ3n) is 3.40. The highest BCUT2D eigenvalue weighted by Crippen LogP contribution is 2.04. The summed E-state index contributed by atoms with van der Waals surface area (Å²) in [7, 11) is 0. The molecule has 0 bridgehead atoms. The Bertz CT molecular complexity index is 622. The lowest BCUT2D eigenvalue weighted by Gasteiger charge is -2.06. The molecule has 4 nitrogen and oxygen atoms in total. The van der Waals surface area contributed by atoms with Crippen molar-refractivity contribution < 1.29 is 9.90 Å². The number of aliphatic hydroxyl groups excluding tert-OH is 1. The average molecular weight is 310 g/mol. The summed E-state index contributed by atoms with van der Waals surface area (Å²) in [5.41, 5.74) is 3.14. The van der Waals surface area contributed by atoms with Gasteiger partial charge in [0.1, 0.15) is 0 Å². The lowest BCUT2D eigenvalue weighted by molar-refractivity contribution is 0.242. The molecule has 0 aliphatic rings. The summed E-state index contributed by atoms with van der Waals surface area (Å²) in [4.78, 5) is 11.7. The number of benzene rings is 2. The van der Waals surface area contributed by atoms with Gasteiger partial charge in [-0.2, -0.15) is 0 Å². The highest BCUT2D eigenvalue weighted by Gasteiger charge is 1.98. The summed E-state index contributed by atoms with van der Waals surface area (Å²) in [6.07, 6.45) is 4.66. The van der Waals surface area contributed by atoms with Crippen molar-refractivity contribution in [3.63, 3.8) is 0 Å². The molecule has 0 unspecified atom stereocenters. The lowest BCUT2D eigenvalue weighted by Crippen LogP contribution is -2.36. The molecule has 2 aromatic rings. The van der Waals surface area contributed by atoms with Crippen LogP contribution in [0.2, 0.25) is 0 Å². The summed E-state index contributed by atoms with van der Waals surface area (Å²) >= 11 is 0. The van der Waals surface area contributed by atoms with Crippen LogP contribution < -0.4 is 10.6 Å². The molecule has 4 heteroatoms. The molecule has 120 valence electrons. The van der Waals surface area contributed by atoms with Crippen LogP contribution in [0.4, 0.5) is 4.79 Å². The zero-order chi connectivity index (χ0) is 16.3. The molecular weight excluding hydrogens is 288 g/mol. The minimum atomic E-state index is -0.172. The maximum atomic E-state index is 11.7. The number of aliphatic hydroxyl groups is 1. The highest BCUT2D eigenvalue weighted by molar-refractivity contribution is 5.74. The molecule has 0 radical (unpaired) electrons. The van der Waals surface area contributed by atoms with Crippen molar-refractivity contribution in [2.24, 2.45) is 0 Å². The Balaban J connectivity index is 1.62. The number of urea groups is 1. The van der Waals surface area contributed by atoms with E-state index >= 15 is 0 Å². The molecule has 0 aromatic heterocycles. The van der Waals surface area contributed by atoms with Gasteiger partial charge in [-0.1, -0.05) is 66.7 Å². The molecule has 0 saturated carbocycles. The van der Waals surface area contributed by atoms with Crippen LogP contribution in [-0.2, 0) is 13.0 Å². The van der Waals surface area contributed by atoms with Gasteiger partial charge in [-0.25, -0.2) is 4.79 Å². The molecule has 3 N–H and O–H groups in total. The van der Waals surface area contributed by atoms with Crippen molar-refractivity contribution in [3.8, 4) is 0 Å². The Hall–Kier alpha value is -2.59. The van der Waals surface area contributed by atoms with Crippen LogP contribution in [0.1, 0.15) is 16.7 Å². The maximum absolute atomic E-state index is 11.7. The van der Waals surface area contributed by atoms with Crippen molar-refractivity contribution in [1.82, 2.24) is 10.6 Å². The third-order valence-corrected chi connectivity index (χ3v) is 3.40. The molecule has 2 rings (SSSR count). The zero-order valence-corrected chi connectivity index (χ0v) is 13.0. The minimum Gasteiger partial charge on any atom is -0.392 e. The minimum absolute atomic E-state index is 0.0530. The fourth-order valence-electron chi connectivity index (χ4n) is 2.10. The van der Waals surface area contributed by atoms with E-state index in [2.05, 4.69) is 10.6 Å². The van der Waals surface area contributed by atoms with Gasteiger partial charge in [-0.3, -0.25) is 0 Å². The van der Waals surface area contributed by atoms with E-state index in [1.807, 2.05) is 66.7 Å². The van der Waals surface area contributed by atoms with Crippen molar-refractivity contribution in [1.29, 1.82) is 0 Å². The van der Waals surface area contributed by atoms with E-state index < -0.39 is 0 Å². The van der Waals surface area contributed by atoms with Crippen LogP contribution in [0.25, 0.3) is 6.08 Å². The first-order valence-corrected chi connectivity index (χ1v) is 7.70. The van der Waals surface area contributed by atoms with Gasteiger partial charge < -0.3 is 15.7 Å². The zero-order valence-electron chi connectivity index (χ0n) is 13.0. The highest BCUT2D eigenvalue weighted by atomic mass is 16.3. The van der Waals surface area contributed by atoms with Gasteiger partial charge in [0.05, 0.1) is 6.61 Å². The molecule has 0 saturated heterocycles. The Labute approximate surface area is 136 Å². The van der Waals surface area contributed by atoms with Gasteiger partial charge >= 0.3 is 6.03 Å². The first kappa shape index (κ1) is 16.8. The Morgan fingerprint density at radius 1 is 0.957 bits per heavy atom. The Morgan fingerprint density at radius 3 is 2.35 bits per heavy atom. The van der Waals surface area contributed by atoms with E-state index in [-0.39, 0.29) is 12.6 Å². The van der Waals surface area contributed by atoms with E-state index in [9.17, 15) is 4.79 Å². The molecule has 0 heterocycles. The quantitative estimate of drug-likeness (QED) is 0.736. The van der Waals surface area contributed by atoms with Gasteiger partial charge in [-0.15, -0.1) is 0 Å². The van der Waals surface area contributed by atoms with Crippen LogP contribution in [-0.4, -0.2) is 24.2 Å². The van der Waals surface area contributed by atoms with E-state index in [1.165, 1.54) is 0 Å². The summed E-state index contributed by atoms with van der Waals surface area (Å²) in [5.74, 6) is 0. The number of hydrogen-bond acceptors (Lipinski definition) is 2. The standard InChI is InChI=1S/C19H22N2O2/c22-15-18-10-8-17(9-11-18)12-14-21-19(23)20-13-4-7-16-5-2-1-3-6-16/h1-11,22H,12-15H2,(H2,20,21,23)/b7-4+. The number of carbonyl (C=O) groups is 1. The molecule has 23 heavy (non-hydrogen) atoms. The number of rotatable bonds is 7. The molecule has 0 spiro atoms. The maximum Gasteiger partial charge on any atom is 0.315 e. The monoisotopic (exact) mass is 310 g/mol. The second-order valence-electron chi connectivity index (χ2n) is 5.17. The number of amides is 2. The van der Waals surface area contributed by atoms with E-state index in [4.69, 9.17) is 5.11 Å². The summed E-state index contributed by atoms with van der Waals surface area (Å²) in [6.45, 7) is 1.12. The van der Waals surface area contributed by atoms with Crippen LogP contribution in [0.3, 0.4) is 0 Å². The van der Waals surface area contributed by atoms with E-state index in [1.54, 1.807) is 0 Å². The molecule has 0 fully saturated rings. The summed E-state index contributed by atoms with van der Waals surface area (Å²) in [5, 5.41) is 14.6. The normalized spacial score (nSPS) is 10.7. The average Bonchev–Trinajstić information content (AvgIpc) is 2.60. The summed E-state index contributed by atoms with van der Waals surface area (Å²) < 4.78 is 0. The van der Waals surface area contributed by atoms with Crippen LogP contribution in [0, 0.1) is 0 Å². The third kappa shape index (κ3) is 6.36. The fraction of sp³-hybridized carbons (Fsp3) is 0.211. The topological polar surface area (TPSA) is 61.4 Å². The predicted octanol–water partition coefficient (Wildman–Crippen LogP) is 2.73. The van der Waals surface area contributed by atoms with Gasteiger partial charge in [0.25, 0.3) is 0 Å². The van der Waals surface area contributed by atoms with Crippen molar-refractivity contribution in [2.75, 3.05) is 13.1 Å². The molecule has 2 aromatic carbocycles. The number of nitrogens with one attached hydrogen (secondary N) is 2. The lowest BCUT2D eigenvalue weighted by atomic mass is 10.1. The summed E-state index contributed by atoms with van der Waals surface area (Å²) in [6, 6.07) is 17.5. The molecule has 0 atom stereocenters. The van der Waals surface area contributed by atoms with Crippen molar-refractivity contribution >= 4 is 12.1 Å². The smallest absolute Gasteiger partial charge is 0.315 e. The molecule has 0 aliphatic carbocycles. The Kier molecular flexibility index (Phi) is 6.88. The molecule has 2 amide bonds. The SMILES string of the molecule is O=C(NC/C=C/c1ccccc1)NCCc1ccc(CO)cc1. The van der Waals surface area contributed by atoms with Gasteiger partial charge in [0.15, 0.2) is 0 Å². The number of hydrogen-bond donors (Lipinski definition) is 3. The fourth-order valence-corrected chi connectivity index (χ4v) is 2.10. The molecule has 0 aliphatic heterocycles. The van der Waals surface area contributed by atoms with Crippen LogP contribution >= 0.6 is 0 Å². The number of carbonyl (C=O) groups excluding carboxylic acids is 1. The van der Waals surface area contributed by atoms with E-state index in [0.717, 1.165) is 23.1 Å². The van der Waals surface area contributed by atoms with Crippen LogP contribution in [0.15, 0.2) is 60.7 Å². The van der Waals surface area contributed by atoms with Crippen molar-refractivity contribution in [2.45, 2.75) is 13.0 Å². The largest absolute Gasteiger partial charge is 0.392 e. The van der Waals surface area contributed by atoms with Gasteiger partial charge in [0, 0.05) is 13.1 Å². The van der Waals surface area contributed by atoms with Gasteiger partial charge in [0.2, 0.25) is 0 Å². The first-order valence-electron chi connectivity index (χ1n) is 7.70. The first-order chi connectivity index (χ1) is 11.3. The predicted molar refractivity (Wildman–Crippen MR) is 92.9 cm³/mol.